The van der Waals surface area contributed by atoms with Crippen LogP contribution in [0.5, 0.6) is 0 Å². The molecule has 0 aliphatic heterocycles. The van der Waals surface area contributed by atoms with Crippen LogP contribution in [-0.4, -0.2) is 9.55 Å². The highest BCUT2D eigenvalue weighted by Gasteiger charge is 2.21. The summed E-state index contributed by atoms with van der Waals surface area (Å²) in [5.74, 6) is 0. The summed E-state index contributed by atoms with van der Waals surface area (Å²) in [5.41, 5.74) is 2.78. The highest BCUT2D eigenvalue weighted by atomic mass is 15.0. The quantitative estimate of drug-likeness (QED) is 0.626. The smallest absolute Gasteiger partial charge is 0.0949 e. The van der Waals surface area contributed by atoms with E-state index in [-0.39, 0.29) is 5.41 Å². The van der Waals surface area contributed by atoms with E-state index in [1.165, 1.54) is 11.4 Å². The molecule has 0 aromatic carbocycles. The molecule has 0 N–H and O–H groups in total. The lowest BCUT2D eigenvalue weighted by Crippen LogP contribution is -2.17. The minimum absolute atomic E-state index is 0.205. The number of nitrogens with zero attached hydrogens (tertiary/aromatic N) is 2. The number of aromatic nitrogens is 2. The SMILES string of the molecule is CCc1ncn(C)c1C(C)(C)C. The van der Waals surface area contributed by atoms with Crippen LogP contribution in [-0.2, 0) is 18.9 Å². The lowest BCUT2D eigenvalue weighted by atomic mass is 9.90. The van der Waals surface area contributed by atoms with Crippen LogP contribution >= 0.6 is 0 Å². The summed E-state index contributed by atoms with van der Waals surface area (Å²) in [5, 5.41) is 0. The third kappa shape index (κ3) is 1.52. The van der Waals surface area contributed by atoms with Crippen molar-refractivity contribution in [2.75, 3.05) is 0 Å². The summed E-state index contributed by atoms with van der Waals surface area (Å²) >= 11 is 0. The molecule has 0 unspecified atom stereocenters. The second-order valence-corrected chi connectivity index (χ2v) is 4.25. The zero-order valence-electron chi connectivity index (χ0n) is 8.68. The molecule has 0 aliphatic rings. The third-order valence-electron chi connectivity index (χ3n) is 2.06. The Morgan fingerprint density at radius 1 is 1.42 bits per heavy atom. The van der Waals surface area contributed by atoms with Crippen LogP contribution in [0.1, 0.15) is 39.1 Å². The number of aryl methyl sites for hydroxylation is 2. The molecule has 0 saturated carbocycles. The van der Waals surface area contributed by atoms with E-state index in [0.29, 0.717) is 0 Å². The van der Waals surface area contributed by atoms with Gasteiger partial charge >= 0.3 is 0 Å². The van der Waals surface area contributed by atoms with Gasteiger partial charge in [-0.1, -0.05) is 27.7 Å². The standard InChI is InChI=1S/C10H18N2/c1-6-8-9(10(2,3)4)12(5)7-11-8/h7H,6H2,1-5H3. The van der Waals surface area contributed by atoms with E-state index in [0.717, 1.165) is 6.42 Å². The van der Waals surface area contributed by atoms with Gasteiger partial charge in [0.15, 0.2) is 0 Å². The van der Waals surface area contributed by atoms with Gasteiger partial charge in [0, 0.05) is 18.2 Å². The van der Waals surface area contributed by atoms with E-state index in [1.54, 1.807) is 0 Å². The average Bonchev–Trinajstić information content (AvgIpc) is 2.29. The first-order chi connectivity index (χ1) is 5.46. The first kappa shape index (κ1) is 9.30. The van der Waals surface area contributed by atoms with Gasteiger partial charge in [0.2, 0.25) is 0 Å². The Morgan fingerprint density at radius 2 is 2.00 bits per heavy atom. The molecular weight excluding hydrogens is 148 g/mol. The molecule has 12 heavy (non-hydrogen) atoms. The topological polar surface area (TPSA) is 17.8 Å². The molecule has 1 rings (SSSR count). The Morgan fingerprint density at radius 3 is 2.33 bits per heavy atom. The molecule has 2 heteroatoms. The first-order valence-electron chi connectivity index (χ1n) is 4.47. The van der Waals surface area contributed by atoms with Gasteiger partial charge in [0.05, 0.1) is 12.0 Å². The van der Waals surface area contributed by atoms with Gasteiger partial charge in [0.25, 0.3) is 0 Å². The van der Waals surface area contributed by atoms with Crippen molar-refractivity contribution < 1.29 is 0 Å². The van der Waals surface area contributed by atoms with Gasteiger partial charge < -0.3 is 4.57 Å². The highest BCUT2D eigenvalue weighted by molar-refractivity contribution is 5.21. The van der Waals surface area contributed by atoms with Crippen molar-refractivity contribution in [3.8, 4) is 0 Å². The fourth-order valence-electron chi connectivity index (χ4n) is 1.70. The molecule has 68 valence electrons. The monoisotopic (exact) mass is 166 g/mol. The van der Waals surface area contributed by atoms with E-state index in [4.69, 9.17) is 0 Å². The van der Waals surface area contributed by atoms with Crippen LogP contribution < -0.4 is 0 Å². The van der Waals surface area contributed by atoms with E-state index >= 15 is 0 Å². The molecule has 0 aliphatic carbocycles. The molecule has 2 nitrogen and oxygen atoms in total. The van der Waals surface area contributed by atoms with Crippen LogP contribution in [0.25, 0.3) is 0 Å². The predicted octanol–water partition coefficient (Wildman–Crippen LogP) is 2.28. The third-order valence-corrected chi connectivity index (χ3v) is 2.06. The highest BCUT2D eigenvalue weighted by Crippen LogP contribution is 2.24. The van der Waals surface area contributed by atoms with Crippen LogP contribution in [0.15, 0.2) is 6.33 Å². The van der Waals surface area contributed by atoms with Crippen molar-refractivity contribution in [3.63, 3.8) is 0 Å². The molecule has 0 atom stereocenters. The lowest BCUT2D eigenvalue weighted by Gasteiger charge is -2.20. The predicted molar refractivity (Wildman–Crippen MR) is 51.3 cm³/mol. The van der Waals surface area contributed by atoms with Crippen LogP contribution in [0.2, 0.25) is 0 Å². The normalized spacial score (nSPS) is 12.1. The number of imidazole rings is 1. The van der Waals surface area contributed by atoms with Gasteiger partial charge in [-0.25, -0.2) is 4.98 Å². The Kier molecular flexibility index (Phi) is 2.27. The minimum Gasteiger partial charge on any atom is -0.337 e. The van der Waals surface area contributed by atoms with E-state index < -0.39 is 0 Å². The van der Waals surface area contributed by atoms with E-state index in [9.17, 15) is 0 Å². The Hall–Kier alpha value is -0.790. The molecule has 0 fully saturated rings. The van der Waals surface area contributed by atoms with Crippen molar-refractivity contribution in [1.29, 1.82) is 0 Å². The summed E-state index contributed by atoms with van der Waals surface area (Å²) in [6.07, 6.45) is 2.92. The fourth-order valence-corrected chi connectivity index (χ4v) is 1.70. The van der Waals surface area contributed by atoms with Crippen LogP contribution in [0.3, 0.4) is 0 Å². The summed E-state index contributed by atoms with van der Waals surface area (Å²) in [6.45, 7) is 8.83. The van der Waals surface area contributed by atoms with Crippen molar-refractivity contribution in [2.45, 2.75) is 39.5 Å². The maximum absolute atomic E-state index is 4.36. The maximum Gasteiger partial charge on any atom is 0.0949 e. The zero-order chi connectivity index (χ0) is 9.35. The van der Waals surface area contributed by atoms with Gasteiger partial charge in [-0.2, -0.15) is 0 Å². The summed E-state index contributed by atoms with van der Waals surface area (Å²) < 4.78 is 2.12. The molecule has 1 aromatic heterocycles. The average molecular weight is 166 g/mol. The Labute approximate surface area is 74.6 Å². The number of hydrogen-bond acceptors (Lipinski definition) is 1. The number of rotatable bonds is 1. The number of hydrogen-bond donors (Lipinski definition) is 0. The Bertz CT molecular complexity index is 266. The summed E-state index contributed by atoms with van der Waals surface area (Å²) in [7, 11) is 2.06. The first-order valence-corrected chi connectivity index (χ1v) is 4.47. The van der Waals surface area contributed by atoms with Crippen molar-refractivity contribution in [2.24, 2.45) is 7.05 Å². The van der Waals surface area contributed by atoms with Crippen molar-refractivity contribution >= 4 is 0 Å². The Balaban J connectivity index is 3.19. The van der Waals surface area contributed by atoms with Crippen LogP contribution in [0, 0.1) is 0 Å². The van der Waals surface area contributed by atoms with Gasteiger partial charge in [-0.05, 0) is 6.42 Å². The largest absolute Gasteiger partial charge is 0.337 e. The molecule has 1 heterocycles. The molecule has 0 saturated heterocycles. The molecule has 0 spiro atoms. The minimum atomic E-state index is 0.205. The molecular formula is C10H18N2. The van der Waals surface area contributed by atoms with E-state index in [1.807, 2.05) is 6.33 Å². The summed E-state index contributed by atoms with van der Waals surface area (Å²) in [4.78, 5) is 4.36. The van der Waals surface area contributed by atoms with Gasteiger partial charge in [-0.15, -0.1) is 0 Å². The molecule has 1 aromatic rings. The second kappa shape index (κ2) is 2.92. The van der Waals surface area contributed by atoms with Crippen LogP contribution in [0.4, 0.5) is 0 Å². The summed E-state index contributed by atoms with van der Waals surface area (Å²) in [6, 6.07) is 0. The van der Waals surface area contributed by atoms with Crippen molar-refractivity contribution in [1.82, 2.24) is 9.55 Å². The lowest BCUT2D eigenvalue weighted by molar-refractivity contribution is 0.536. The molecule has 0 amide bonds. The molecule has 0 radical (unpaired) electrons. The maximum atomic E-state index is 4.36. The fraction of sp³-hybridized carbons (Fsp3) is 0.700. The van der Waals surface area contributed by atoms with Gasteiger partial charge in [0.1, 0.15) is 0 Å². The second-order valence-electron chi connectivity index (χ2n) is 4.25. The zero-order valence-corrected chi connectivity index (χ0v) is 8.68. The van der Waals surface area contributed by atoms with E-state index in [2.05, 4.69) is 44.3 Å². The van der Waals surface area contributed by atoms with Crippen molar-refractivity contribution in [3.05, 3.63) is 17.7 Å². The molecule has 0 bridgehead atoms. The van der Waals surface area contributed by atoms with Gasteiger partial charge in [-0.3, -0.25) is 0 Å².